The molecule has 0 fully saturated rings. The number of carbonyl (C=O) groups excluding carboxylic acids is 1. The molecule has 0 spiro atoms. The van der Waals surface area contributed by atoms with E-state index in [4.69, 9.17) is 11.6 Å². The zero-order valence-corrected chi connectivity index (χ0v) is 9.95. The number of aromatic amines is 1. The summed E-state index contributed by atoms with van der Waals surface area (Å²) >= 11 is 5.71. The van der Waals surface area contributed by atoms with Gasteiger partial charge in [0.05, 0.1) is 6.20 Å². The molecule has 17 heavy (non-hydrogen) atoms. The van der Waals surface area contributed by atoms with Crippen LogP contribution in [0.1, 0.15) is 21.7 Å². The van der Waals surface area contributed by atoms with E-state index in [9.17, 15) is 4.79 Å². The SMILES string of the molecule is Cc1[nH]ncc1CNC(=O)c1cccc(Cl)n1. The van der Waals surface area contributed by atoms with Gasteiger partial charge in [0.25, 0.3) is 5.91 Å². The zero-order chi connectivity index (χ0) is 12.3. The van der Waals surface area contributed by atoms with Gasteiger partial charge in [0.2, 0.25) is 0 Å². The van der Waals surface area contributed by atoms with Gasteiger partial charge >= 0.3 is 0 Å². The summed E-state index contributed by atoms with van der Waals surface area (Å²) < 4.78 is 0. The minimum Gasteiger partial charge on any atom is -0.346 e. The fourth-order valence-corrected chi connectivity index (χ4v) is 1.52. The Morgan fingerprint density at radius 3 is 3.00 bits per heavy atom. The Labute approximate surface area is 103 Å². The van der Waals surface area contributed by atoms with Crippen LogP contribution in [-0.4, -0.2) is 21.1 Å². The predicted octanol–water partition coefficient (Wildman–Crippen LogP) is 1.70. The minimum atomic E-state index is -0.256. The van der Waals surface area contributed by atoms with Crippen molar-refractivity contribution < 1.29 is 4.79 Å². The molecule has 0 atom stereocenters. The van der Waals surface area contributed by atoms with Crippen molar-refractivity contribution in [3.63, 3.8) is 0 Å². The number of aromatic nitrogens is 3. The molecule has 2 aromatic heterocycles. The number of nitrogens with zero attached hydrogens (tertiary/aromatic N) is 2. The van der Waals surface area contributed by atoms with Crippen molar-refractivity contribution >= 4 is 17.5 Å². The van der Waals surface area contributed by atoms with Crippen LogP contribution in [0.5, 0.6) is 0 Å². The number of nitrogens with one attached hydrogen (secondary N) is 2. The summed E-state index contributed by atoms with van der Waals surface area (Å²) in [6.45, 7) is 2.31. The van der Waals surface area contributed by atoms with Crippen LogP contribution in [0, 0.1) is 6.92 Å². The van der Waals surface area contributed by atoms with E-state index in [1.54, 1.807) is 24.4 Å². The third kappa shape index (κ3) is 2.82. The van der Waals surface area contributed by atoms with Gasteiger partial charge in [-0.1, -0.05) is 17.7 Å². The first kappa shape index (κ1) is 11.6. The van der Waals surface area contributed by atoms with Gasteiger partial charge < -0.3 is 5.32 Å². The second kappa shape index (κ2) is 4.97. The van der Waals surface area contributed by atoms with Crippen molar-refractivity contribution in [3.8, 4) is 0 Å². The van der Waals surface area contributed by atoms with E-state index in [1.807, 2.05) is 6.92 Å². The number of aryl methyl sites for hydroxylation is 1. The van der Waals surface area contributed by atoms with E-state index < -0.39 is 0 Å². The number of amides is 1. The Balaban J connectivity index is 2.01. The molecule has 2 rings (SSSR count). The lowest BCUT2D eigenvalue weighted by atomic mass is 10.2. The van der Waals surface area contributed by atoms with Crippen LogP contribution in [0.25, 0.3) is 0 Å². The average molecular weight is 251 g/mol. The van der Waals surface area contributed by atoms with Crippen LogP contribution >= 0.6 is 11.6 Å². The minimum absolute atomic E-state index is 0.256. The molecule has 0 aromatic carbocycles. The maximum Gasteiger partial charge on any atom is 0.270 e. The van der Waals surface area contributed by atoms with E-state index >= 15 is 0 Å². The van der Waals surface area contributed by atoms with E-state index in [1.165, 1.54) is 0 Å². The molecule has 0 aliphatic heterocycles. The highest BCUT2D eigenvalue weighted by Crippen LogP contribution is 2.06. The van der Waals surface area contributed by atoms with Gasteiger partial charge in [0.15, 0.2) is 0 Å². The van der Waals surface area contributed by atoms with Crippen molar-refractivity contribution in [2.45, 2.75) is 13.5 Å². The molecule has 6 heteroatoms. The van der Waals surface area contributed by atoms with Crippen LogP contribution in [0.4, 0.5) is 0 Å². The number of rotatable bonds is 3. The highest BCUT2D eigenvalue weighted by Gasteiger charge is 2.08. The summed E-state index contributed by atoms with van der Waals surface area (Å²) in [5.41, 5.74) is 2.18. The lowest BCUT2D eigenvalue weighted by Crippen LogP contribution is -2.23. The van der Waals surface area contributed by atoms with Crippen LogP contribution in [-0.2, 0) is 6.54 Å². The van der Waals surface area contributed by atoms with Crippen molar-refractivity contribution in [2.24, 2.45) is 0 Å². The molecule has 0 bridgehead atoms. The quantitative estimate of drug-likeness (QED) is 0.815. The first-order valence-corrected chi connectivity index (χ1v) is 5.44. The number of H-pyrrole nitrogens is 1. The molecule has 0 aliphatic carbocycles. The van der Waals surface area contributed by atoms with E-state index in [0.717, 1.165) is 11.3 Å². The third-order valence-corrected chi connectivity index (χ3v) is 2.53. The fourth-order valence-electron chi connectivity index (χ4n) is 1.35. The van der Waals surface area contributed by atoms with Gasteiger partial charge in [-0.2, -0.15) is 5.10 Å². The normalized spacial score (nSPS) is 10.2. The van der Waals surface area contributed by atoms with E-state index in [-0.39, 0.29) is 5.91 Å². The largest absolute Gasteiger partial charge is 0.346 e. The standard InChI is InChI=1S/C11H11ClN4O/c1-7-8(6-14-16-7)5-13-11(17)9-3-2-4-10(12)15-9/h2-4,6H,5H2,1H3,(H,13,17)(H,14,16). The Kier molecular flexibility index (Phi) is 3.39. The molecule has 0 radical (unpaired) electrons. The Hall–Kier alpha value is -1.88. The zero-order valence-electron chi connectivity index (χ0n) is 9.20. The van der Waals surface area contributed by atoms with Gasteiger partial charge in [0.1, 0.15) is 10.8 Å². The lowest BCUT2D eigenvalue weighted by Gasteiger charge is -2.03. The van der Waals surface area contributed by atoms with Gasteiger partial charge in [-0.05, 0) is 19.1 Å². The van der Waals surface area contributed by atoms with Gasteiger partial charge in [-0.25, -0.2) is 4.98 Å². The highest BCUT2D eigenvalue weighted by molar-refractivity contribution is 6.29. The first-order valence-electron chi connectivity index (χ1n) is 5.06. The van der Waals surface area contributed by atoms with E-state index in [0.29, 0.717) is 17.4 Å². The average Bonchev–Trinajstić information content (AvgIpc) is 2.72. The maximum absolute atomic E-state index is 11.7. The monoisotopic (exact) mass is 250 g/mol. The molecular formula is C11H11ClN4O. The van der Waals surface area contributed by atoms with Crippen molar-refractivity contribution in [1.29, 1.82) is 0 Å². The van der Waals surface area contributed by atoms with Gasteiger partial charge in [-0.15, -0.1) is 0 Å². The number of hydrogen-bond acceptors (Lipinski definition) is 3. The summed E-state index contributed by atoms with van der Waals surface area (Å²) in [5.74, 6) is -0.256. The molecule has 2 heterocycles. The number of carbonyl (C=O) groups is 1. The molecule has 0 unspecified atom stereocenters. The second-order valence-corrected chi connectivity index (χ2v) is 3.94. The number of hydrogen-bond donors (Lipinski definition) is 2. The number of pyridine rings is 1. The number of halogens is 1. The van der Waals surface area contributed by atoms with Crippen LogP contribution < -0.4 is 5.32 Å². The molecule has 88 valence electrons. The maximum atomic E-state index is 11.7. The van der Waals surface area contributed by atoms with Gasteiger partial charge in [0, 0.05) is 17.8 Å². The van der Waals surface area contributed by atoms with Crippen LogP contribution in [0.15, 0.2) is 24.4 Å². The van der Waals surface area contributed by atoms with Crippen molar-refractivity contribution in [3.05, 3.63) is 46.5 Å². The van der Waals surface area contributed by atoms with Gasteiger partial charge in [-0.3, -0.25) is 9.89 Å². The van der Waals surface area contributed by atoms with Crippen molar-refractivity contribution in [1.82, 2.24) is 20.5 Å². The molecule has 0 aliphatic rings. The Bertz CT molecular complexity index is 538. The molecule has 0 saturated heterocycles. The molecule has 0 saturated carbocycles. The third-order valence-electron chi connectivity index (χ3n) is 2.32. The smallest absolute Gasteiger partial charge is 0.270 e. The predicted molar refractivity (Wildman–Crippen MR) is 63.7 cm³/mol. The summed E-state index contributed by atoms with van der Waals surface area (Å²) in [4.78, 5) is 15.7. The Morgan fingerprint density at radius 2 is 2.35 bits per heavy atom. The molecular weight excluding hydrogens is 240 g/mol. The fraction of sp³-hybridized carbons (Fsp3) is 0.182. The first-order chi connectivity index (χ1) is 8.16. The van der Waals surface area contributed by atoms with Crippen LogP contribution in [0.3, 0.4) is 0 Å². The van der Waals surface area contributed by atoms with Crippen molar-refractivity contribution in [2.75, 3.05) is 0 Å². The van der Waals surface area contributed by atoms with Crippen LogP contribution in [0.2, 0.25) is 5.15 Å². The molecule has 2 aromatic rings. The second-order valence-electron chi connectivity index (χ2n) is 3.55. The molecule has 1 amide bonds. The lowest BCUT2D eigenvalue weighted by molar-refractivity contribution is 0.0946. The van der Waals surface area contributed by atoms with E-state index in [2.05, 4.69) is 20.5 Å². The summed E-state index contributed by atoms with van der Waals surface area (Å²) in [5, 5.41) is 9.73. The highest BCUT2D eigenvalue weighted by atomic mass is 35.5. The topological polar surface area (TPSA) is 70.7 Å². The Morgan fingerprint density at radius 1 is 1.53 bits per heavy atom. The summed E-state index contributed by atoms with van der Waals surface area (Å²) in [7, 11) is 0. The summed E-state index contributed by atoms with van der Waals surface area (Å²) in [6, 6.07) is 4.93. The molecule has 5 nitrogen and oxygen atoms in total. The molecule has 2 N–H and O–H groups in total. The summed E-state index contributed by atoms with van der Waals surface area (Å²) in [6.07, 6.45) is 1.68.